The summed E-state index contributed by atoms with van der Waals surface area (Å²) in [7, 11) is 1.93. The molecule has 1 rings (SSSR count). The molecule has 2 nitrogen and oxygen atoms in total. The van der Waals surface area contributed by atoms with Crippen molar-refractivity contribution in [2.75, 3.05) is 7.05 Å². The van der Waals surface area contributed by atoms with Crippen LogP contribution in [0, 0.1) is 0 Å². The van der Waals surface area contributed by atoms with Gasteiger partial charge in [-0.1, -0.05) is 6.08 Å². The molecule has 0 N–H and O–H groups in total. The zero-order chi connectivity index (χ0) is 5.98. The first-order valence-corrected chi connectivity index (χ1v) is 2.72. The second-order valence-corrected chi connectivity index (χ2v) is 2.00. The van der Waals surface area contributed by atoms with Gasteiger partial charge < -0.3 is 0 Å². The Labute approximate surface area is 49.5 Å². The quantitative estimate of drug-likeness (QED) is 0.457. The van der Waals surface area contributed by atoms with E-state index in [1.54, 1.807) is 0 Å². The third kappa shape index (κ3) is 1.09. The van der Waals surface area contributed by atoms with Crippen LogP contribution in [-0.4, -0.2) is 17.8 Å². The van der Waals surface area contributed by atoms with Crippen molar-refractivity contribution in [3.63, 3.8) is 0 Å². The summed E-state index contributed by atoms with van der Waals surface area (Å²) in [6.07, 6.45) is 5.07. The molecule has 1 aliphatic rings. The van der Waals surface area contributed by atoms with Gasteiger partial charge in [-0.05, 0) is 6.92 Å². The molecule has 0 saturated heterocycles. The summed E-state index contributed by atoms with van der Waals surface area (Å²) < 4.78 is 0. The Morgan fingerprint density at radius 1 is 1.75 bits per heavy atom. The van der Waals surface area contributed by atoms with Gasteiger partial charge in [-0.15, -0.1) is 0 Å². The van der Waals surface area contributed by atoms with E-state index >= 15 is 0 Å². The number of hydrogen-bond donors (Lipinski definition) is 0. The number of rotatable bonds is 0. The van der Waals surface area contributed by atoms with Gasteiger partial charge in [-0.2, -0.15) is 5.10 Å². The van der Waals surface area contributed by atoms with Crippen molar-refractivity contribution in [3.05, 3.63) is 12.3 Å². The maximum atomic E-state index is 4.15. The van der Waals surface area contributed by atoms with Crippen LogP contribution in [-0.2, 0) is 0 Å². The molecule has 0 saturated carbocycles. The molecule has 0 atom stereocenters. The van der Waals surface area contributed by atoms with E-state index in [0.29, 0.717) is 0 Å². The second-order valence-electron chi connectivity index (χ2n) is 2.00. The summed E-state index contributed by atoms with van der Waals surface area (Å²) in [6, 6.07) is 0. The Kier molecular flexibility index (Phi) is 1.33. The highest BCUT2D eigenvalue weighted by Crippen LogP contribution is 1.99. The lowest BCUT2D eigenvalue weighted by atomic mass is 10.3. The lowest BCUT2D eigenvalue weighted by Crippen LogP contribution is -2.09. The monoisotopic (exact) mass is 110 g/mol. The third-order valence-corrected chi connectivity index (χ3v) is 1.06. The van der Waals surface area contributed by atoms with E-state index < -0.39 is 0 Å². The highest BCUT2D eigenvalue weighted by atomic mass is 15.4. The van der Waals surface area contributed by atoms with Gasteiger partial charge in [0.05, 0.1) is 0 Å². The van der Waals surface area contributed by atoms with Crippen LogP contribution in [0.15, 0.2) is 17.4 Å². The van der Waals surface area contributed by atoms with Crippen LogP contribution in [0.4, 0.5) is 0 Å². The van der Waals surface area contributed by atoms with Crippen molar-refractivity contribution >= 4 is 5.71 Å². The van der Waals surface area contributed by atoms with Crippen LogP contribution in [0.3, 0.4) is 0 Å². The van der Waals surface area contributed by atoms with Gasteiger partial charge in [0.15, 0.2) is 0 Å². The largest absolute Gasteiger partial charge is 0.276 e. The van der Waals surface area contributed by atoms with E-state index in [-0.39, 0.29) is 0 Å². The molecule has 0 aliphatic carbocycles. The van der Waals surface area contributed by atoms with E-state index in [1.165, 1.54) is 5.71 Å². The topological polar surface area (TPSA) is 15.6 Å². The normalized spacial score (nSPS) is 18.8. The van der Waals surface area contributed by atoms with Crippen LogP contribution in [0.2, 0.25) is 0 Å². The Balaban J connectivity index is 2.60. The minimum Gasteiger partial charge on any atom is -0.276 e. The van der Waals surface area contributed by atoms with E-state index in [9.17, 15) is 0 Å². The lowest BCUT2D eigenvalue weighted by Gasteiger charge is -2.11. The predicted molar refractivity (Wildman–Crippen MR) is 34.6 cm³/mol. The first-order valence-electron chi connectivity index (χ1n) is 2.72. The Hall–Kier alpha value is -0.790. The maximum Gasteiger partial charge on any atom is 0.0392 e. The van der Waals surface area contributed by atoms with E-state index in [0.717, 1.165) is 6.42 Å². The van der Waals surface area contributed by atoms with Crippen LogP contribution in [0.25, 0.3) is 0 Å². The first-order chi connectivity index (χ1) is 3.79. The summed E-state index contributed by atoms with van der Waals surface area (Å²) in [5.41, 5.74) is 1.18. The molecule has 0 aromatic carbocycles. The zero-order valence-corrected chi connectivity index (χ0v) is 5.26. The molecule has 0 amide bonds. The highest BCUT2D eigenvalue weighted by molar-refractivity contribution is 5.83. The standard InChI is InChI=1S/C6H10N2/c1-6-4-3-5-8(2)7-6/h3,5H,4H2,1-2H3. The van der Waals surface area contributed by atoms with Crippen molar-refractivity contribution in [3.8, 4) is 0 Å². The van der Waals surface area contributed by atoms with E-state index in [2.05, 4.69) is 11.2 Å². The van der Waals surface area contributed by atoms with Gasteiger partial charge in [0.25, 0.3) is 0 Å². The van der Waals surface area contributed by atoms with Crippen molar-refractivity contribution in [1.82, 2.24) is 5.01 Å². The number of allylic oxidation sites excluding steroid dienone is 1. The SMILES string of the molecule is CC1=NN(C)C=CC1. The smallest absolute Gasteiger partial charge is 0.0392 e. The molecule has 0 aromatic rings. The lowest BCUT2D eigenvalue weighted by molar-refractivity contribution is 0.481. The molecule has 0 unspecified atom stereocenters. The second kappa shape index (κ2) is 1.99. The number of hydrazone groups is 1. The molecule has 8 heavy (non-hydrogen) atoms. The van der Waals surface area contributed by atoms with Crippen molar-refractivity contribution < 1.29 is 0 Å². The molecule has 0 fully saturated rings. The molecule has 1 heterocycles. The Morgan fingerprint density at radius 3 is 2.88 bits per heavy atom. The minimum atomic E-state index is 1.00. The highest BCUT2D eigenvalue weighted by Gasteiger charge is 1.94. The summed E-state index contributed by atoms with van der Waals surface area (Å²) >= 11 is 0. The molecule has 0 bridgehead atoms. The molecule has 2 heteroatoms. The average Bonchev–Trinajstić information content (AvgIpc) is 1.64. The molecular formula is C6H10N2. The van der Waals surface area contributed by atoms with Crippen molar-refractivity contribution in [2.24, 2.45) is 5.10 Å². The van der Waals surface area contributed by atoms with Gasteiger partial charge in [-0.25, -0.2) is 0 Å². The van der Waals surface area contributed by atoms with Crippen LogP contribution >= 0.6 is 0 Å². The molecule has 44 valence electrons. The fraction of sp³-hybridized carbons (Fsp3) is 0.500. The van der Waals surface area contributed by atoms with Crippen LogP contribution < -0.4 is 0 Å². The van der Waals surface area contributed by atoms with Crippen molar-refractivity contribution in [2.45, 2.75) is 13.3 Å². The zero-order valence-electron chi connectivity index (χ0n) is 5.26. The first kappa shape index (κ1) is 5.35. The summed E-state index contributed by atoms with van der Waals surface area (Å²) in [5, 5.41) is 5.96. The summed E-state index contributed by atoms with van der Waals surface area (Å²) in [5.74, 6) is 0. The van der Waals surface area contributed by atoms with Gasteiger partial charge in [0, 0.05) is 25.4 Å². The Bertz CT molecular complexity index is 135. The van der Waals surface area contributed by atoms with E-state index in [4.69, 9.17) is 0 Å². The van der Waals surface area contributed by atoms with Gasteiger partial charge in [0.2, 0.25) is 0 Å². The number of nitrogens with zero attached hydrogens (tertiary/aromatic N) is 2. The third-order valence-electron chi connectivity index (χ3n) is 1.06. The predicted octanol–water partition coefficient (Wildman–Crippen LogP) is 1.21. The van der Waals surface area contributed by atoms with E-state index in [1.807, 2.05) is 25.2 Å². The summed E-state index contributed by atoms with van der Waals surface area (Å²) in [6.45, 7) is 2.03. The van der Waals surface area contributed by atoms with Gasteiger partial charge in [-0.3, -0.25) is 5.01 Å². The average molecular weight is 110 g/mol. The molecule has 1 aliphatic heterocycles. The molecule has 0 spiro atoms. The van der Waals surface area contributed by atoms with Gasteiger partial charge >= 0.3 is 0 Å². The van der Waals surface area contributed by atoms with Crippen molar-refractivity contribution in [1.29, 1.82) is 0 Å². The van der Waals surface area contributed by atoms with Crippen LogP contribution in [0.5, 0.6) is 0 Å². The molecular weight excluding hydrogens is 100 g/mol. The maximum absolute atomic E-state index is 4.15. The fourth-order valence-corrected chi connectivity index (χ4v) is 0.719. The summed E-state index contributed by atoms with van der Waals surface area (Å²) in [4.78, 5) is 0. The molecule has 0 aromatic heterocycles. The molecule has 0 radical (unpaired) electrons. The van der Waals surface area contributed by atoms with Gasteiger partial charge in [0.1, 0.15) is 0 Å². The van der Waals surface area contributed by atoms with Crippen LogP contribution in [0.1, 0.15) is 13.3 Å². The Morgan fingerprint density at radius 2 is 2.50 bits per heavy atom. The minimum absolute atomic E-state index is 1.00. The number of hydrogen-bond acceptors (Lipinski definition) is 2. The fourth-order valence-electron chi connectivity index (χ4n) is 0.719.